The third kappa shape index (κ3) is 3.46. The minimum atomic E-state index is -0.376. The van der Waals surface area contributed by atoms with Crippen molar-refractivity contribution in [3.63, 3.8) is 0 Å². The van der Waals surface area contributed by atoms with Crippen LogP contribution >= 0.6 is 0 Å². The Morgan fingerprint density at radius 2 is 2.12 bits per heavy atom. The monoisotopic (exact) mass is 321 g/mol. The molecule has 0 aliphatic carbocycles. The molecule has 3 aromatic rings. The number of carbonyl (C=O) groups is 1. The number of nitrogens with zero attached hydrogens (tertiary/aromatic N) is 3. The van der Waals surface area contributed by atoms with Crippen LogP contribution in [0.2, 0.25) is 0 Å². The van der Waals surface area contributed by atoms with Crippen molar-refractivity contribution in [1.82, 2.24) is 20.3 Å². The van der Waals surface area contributed by atoms with Crippen molar-refractivity contribution in [2.24, 2.45) is 0 Å². The van der Waals surface area contributed by atoms with E-state index < -0.39 is 0 Å². The summed E-state index contributed by atoms with van der Waals surface area (Å²) in [4.78, 5) is 24.7. The van der Waals surface area contributed by atoms with Gasteiger partial charge in [-0.05, 0) is 24.3 Å². The lowest BCUT2D eigenvalue weighted by Gasteiger charge is -2.07. The van der Waals surface area contributed by atoms with Crippen LogP contribution in [-0.4, -0.2) is 32.6 Å². The van der Waals surface area contributed by atoms with Gasteiger partial charge >= 0.3 is 6.03 Å². The minimum Gasteiger partial charge on any atom is -0.508 e. The predicted molar refractivity (Wildman–Crippen MR) is 91.7 cm³/mol. The van der Waals surface area contributed by atoms with Crippen LogP contribution in [0.1, 0.15) is 0 Å². The van der Waals surface area contributed by atoms with Crippen molar-refractivity contribution in [2.75, 3.05) is 11.9 Å². The number of hydrogen-bond acceptors (Lipinski definition) is 5. The Balaban J connectivity index is 1.90. The molecule has 0 unspecified atom stereocenters. The van der Waals surface area contributed by atoms with Crippen molar-refractivity contribution in [2.45, 2.75) is 0 Å². The number of anilines is 1. The molecule has 2 heterocycles. The molecule has 7 heteroatoms. The summed E-state index contributed by atoms with van der Waals surface area (Å²) in [5.41, 5.74) is 2.32. The lowest BCUT2D eigenvalue weighted by molar-refractivity contribution is 0.253. The maximum Gasteiger partial charge on any atom is 0.320 e. The maximum absolute atomic E-state index is 11.7. The number of aromatic hydroxyl groups is 1. The van der Waals surface area contributed by atoms with E-state index in [9.17, 15) is 9.90 Å². The standard InChI is InChI=1S/C17H15N5O2/c1-2-8-18-17(24)22-15-7-6-13-16(21-15)20-14(10-19-13)11-4-3-5-12(23)9-11/h2-7,9-10,23H,1,8H2,(H2,18,20,21,22,24). The van der Waals surface area contributed by atoms with Gasteiger partial charge in [-0.25, -0.2) is 14.8 Å². The second-order valence-electron chi connectivity index (χ2n) is 4.97. The van der Waals surface area contributed by atoms with Crippen LogP contribution in [-0.2, 0) is 0 Å². The second-order valence-corrected chi connectivity index (χ2v) is 4.97. The number of fused-ring (bicyclic) bond motifs is 1. The van der Waals surface area contributed by atoms with E-state index in [1.807, 2.05) is 6.07 Å². The van der Waals surface area contributed by atoms with Crippen molar-refractivity contribution in [1.29, 1.82) is 0 Å². The average molecular weight is 321 g/mol. The van der Waals surface area contributed by atoms with Crippen LogP contribution in [0.3, 0.4) is 0 Å². The van der Waals surface area contributed by atoms with Gasteiger partial charge in [-0.2, -0.15) is 0 Å². The lowest BCUT2D eigenvalue weighted by Crippen LogP contribution is -2.28. The average Bonchev–Trinajstić information content (AvgIpc) is 2.59. The molecule has 1 aromatic carbocycles. The number of phenolic OH excluding ortho intramolecular Hbond substituents is 1. The maximum atomic E-state index is 11.7. The first-order valence-electron chi connectivity index (χ1n) is 7.24. The van der Waals surface area contributed by atoms with E-state index in [4.69, 9.17) is 0 Å². The molecule has 0 aliphatic heterocycles. The topological polar surface area (TPSA) is 100 Å². The van der Waals surface area contributed by atoms with E-state index in [1.165, 1.54) is 0 Å². The third-order valence-corrected chi connectivity index (χ3v) is 3.20. The summed E-state index contributed by atoms with van der Waals surface area (Å²) >= 11 is 0. The molecule has 0 saturated heterocycles. The fourth-order valence-electron chi connectivity index (χ4n) is 2.10. The number of amides is 2. The molecule has 0 aliphatic rings. The fraction of sp³-hybridized carbons (Fsp3) is 0.0588. The molecular weight excluding hydrogens is 306 g/mol. The molecule has 3 N–H and O–H groups in total. The highest BCUT2D eigenvalue weighted by atomic mass is 16.3. The summed E-state index contributed by atoms with van der Waals surface area (Å²) in [7, 11) is 0. The van der Waals surface area contributed by atoms with Crippen LogP contribution in [0.5, 0.6) is 5.75 Å². The van der Waals surface area contributed by atoms with Crippen molar-refractivity contribution < 1.29 is 9.90 Å². The highest BCUT2D eigenvalue weighted by Crippen LogP contribution is 2.22. The predicted octanol–water partition coefficient (Wildman–Crippen LogP) is 2.70. The lowest BCUT2D eigenvalue weighted by atomic mass is 10.1. The Kier molecular flexibility index (Phi) is 4.33. The van der Waals surface area contributed by atoms with Gasteiger partial charge < -0.3 is 10.4 Å². The van der Waals surface area contributed by atoms with Crippen LogP contribution in [0.15, 0.2) is 55.3 Å². The van der Waals surface area contributed by atoms with E-state index in [0.717, 1.165) is 5.56 Å². The van der Waals surface area contributed by atoms with E-state index in [-0.39, 0.29) is 11.8 Å². The molecule has 0 radical (unpaired) electrons. The summed E-state index contributed by atoms with van der Waals surface area (Å²) in [5.74, 6) is 0.517. The number of hydrogen-bond donors (Lipinski definition) is 3. The number of urea groups is 1. The molecule has 0 spiro atoms. The zero-order valence-corrected chi connectivity index (χ0v) is 12.7. The van der Waals surface area contributed by atoms with Gasteiger partial charge in [0.1, 0.15) is 17.1 Å². The number of rotatable bonds is 4. The zero-order chi connectivity index (χ0) is 16.9. The van der Waals surface area contributed by atoms with Gasteiger partial charge in [-0.1, -0.05) is 18.2 Å². The largest absolute Gasteiger partial charge is 0.508 e. The molecule has 3 rings (SSSR count). The second kappa shape index (κ2) is 6.74. The Morgan fingerprint density at radius 3 is 2.92 bits per heavy atom. The number of pyridine rings is 1. The Bertz CT molecular complexity index is 910. The summed E-state index contributed by atoms with van der Waals surface area (Å²) in [6.45, 7) is 3.89. The highest BCUT2D eigenvalue weighted by molar-refractivity contribution is 5.89. The number of nitrogens with one attached hydrogen (secondary N) is 2. The zero-order valence-electron chi connectivity index (χ0n) is 12.7. The van der Waals surface area contributed by atoms with E-state index >= 15 is 0 Å². The van der Waals surface area contributed by atoms with Gasteiger partial charge in [0.2, 0.25) is 0 Å². The SMILES string of the molecule is C=CCNC(=O)Nc1ccc2ncc(-c3cccc(O)c3)nc2n1. The molecule has 2 aromatic heterocycles. The summed E-state index contributed by atoms with van der Waals surface area (Å²) in [5, 5.41) is 14.8. The number of aromatic nitrogens is 3. The third-order valence-electron chi connectivity index (χ3n) is 3.20. The van der Waals surface area contributed by atoms with E-state index in [1.54, 1.807) is 42.6 Å². The first kappa shape index (κ1) is 15.4. The number of phenols is 1. The van der Waals surface area contributed by atoms with E-state index in [2.05, 4.69) is 32.2 Å². The molecule has 24 heavy (non-hydrogen) atoms. The summed E-state index contributed by atoms with van der Waals surface area (Å²) in [6, 6.07) is 9.73. The minimum absolute atomic E-state index is 0.150. The van der Waals surface area contributed by atoms with Gasteiger partial charge in [0.15, 0.2) is 5.65 Å². The van der Waals surface area contributed by atoms with Crippen LogP contribution in [0.25, 0.3) is 22.4 Å². The quantitative estimate of drug-likeness (QED) is 0.642. The van der Waals surface area contributed by atoms with Gasteiger partial charge in [0.05, 0.1) is 11.9 Å². The van der Waals surface area contributed by atoms with Gasteiger partial charge in [0.25, 0.3) is 0 Å². The molecule has 0 atom stereocenters. The smallest absolute Gasteiger partial charge is 0.320 e. The van der Waals surface area contributed by atoms with Gasteiger partial charge in [-0.15, -0.1) is 6.58 Å². The summed E-state index contributed by atoms with van der Waals surface area (Å²) < 4.78 is 0. The number of carbonyl (C=O) groups excluding carboxylic acids is 1. The van der Waals surface area contributed by atoms with Crippen LogP contribution in [0, 0.1) is 0 Å². The van der Waals surface area contributed by atoms with Gasteiger partial charge in [-0.3, -0.25) is 10.3 Å². The molecule has 0 saturated carbocycles. The molecule has 0 fully saturated rings. The number of benzene rings is 1. The fourth-order valence-corrected chi connectivity index (χ4v) is 2.10. The Hall–Kier alpha value is -3.48. The first-order valence-corrected chi connectivity index (χ1v) is 7.24. The Labute approximate surface area is 138 Å². The van der Waals surface area contributed by atoms with Crippen molar-refractivity contribution in [3.8, 4) is 17.0 Å². The van der Waals surface area contributed by atoms with Crippen molar-refractivity contribution in [3.05, 3.63) is 55.3 Å². The summed E-state index contributed by atoms with van der Waals surface area (Å²) in [6.07, 6.45) is 3.20. The van der Waals surface area contributed by atoms with Crippen LogP contribution < -0.4 is 10.6 Å². The highest BCUT2D eigenvalue weighted by Gasteiger charge is 2.07. The van der Waals surface area contributed by atoms with Gasteiger partial charge in [0, 0.05) is 12.1 Å². The molecule has 2 amide bonds. The van der Waals surface area contributed by atoms with Crippen LogP contribution in [0.4, 0.5) is 10.6 Å². The first-order chi connectivity index (χ1) is 11.7. The Morgan fingerprint density at radius 1 is 1.25 bits per heavy atom. The van der Waals surface area contributed by atoms with Crippen molar-refractivity contribution >= 4 is 23.0 Å². The molecule has 120 valence electrons. The molecule has 0 bridgehead atoms. The molecule has 7 nitrogen and oxygen atoms in total. The normalized spacial score (nSPS) is 10.3. The van der Waals surface area contributed by atoms with E-state index in [0.29, 0.717) is 29.2 Å². The molecular formula is C17H15N5O2.